The van der Waals surface area contributed by atoms with Gasteiger partial charge < -0.3 is 15.2 Å². The number of hydrogen-bond donors (Lipinski definition) is 2. The molecule has 22 heavy (non-hydrogen) atoms. The Morgan fingerprint density at radius 1 is 1.36 bits per heavy atom. The van der Waals surface area contributed by atoms with Crippen molar-refractivity contribution in [3.8, 4) is 16.9 Å². The number of para-hydroxylation sites is 1. The quantitative estimate of drug-likeness (QED) is 0.848. The molecule has 1 heterocycles. The highest BCUT2D eigenvalue weighted by atomic mass is 32.1. The van der Waals surface area contributed by atoms with Crippen molar-refractivity contribution in [1.82, 2.24) is 0 Å². The van der Waals surface area contributed by atoms with E-state index < -0.39 is 11.9 Å². The van der Waals surface area contributed by atoms with Gasteiger partial charge in [-0.15, -0.1) is 0 Å². The van der Waals surface area contributed by atoms with Crippen LogP contribution in [0.25, 0.3) is 0 Å². The topological polar surface area (TPSA) is 99.4 Å². The normalized spacial score (nSPS) is 9.86. The van der Waals surface area contributed by atoms with Crippen molar-refractivity contribution < 1.29 is 19.4 Å². The first-order chi connectivity index (χ1) is 10.4. The minimum Gasteiger partial charge on any atom is -0.507 e. The van der Waals surface area contributed by atoms with Gasteiger partial charge in [0.2, 0.25) is 0 Å². The third kappa shape index (κ3) is 3.07. The summed E-state index contributed by atoms with van der Waals surface area (Å²) in [6.45, 7) is 2.88. The number of ether oxygens (including phenoxy) is 1. The predicted molar refractivity (Wildman–Crippen MR) is 81.1 cm³/mol. The van der Waals surface area contributed by atoms with E-state index in [1.807, 2.05) is 6.07 Å². The molecule has 0 radical (unpaired) electrons. The maximum atomic E-state index is 12.2. The predicted octanol–water partition coefficient (Wildman–Crippen LogP) is 2.81. The number of nitrogens with zero attached hydrogens (tertiary/aromatic N) is 1. The van der Waals surface area contributed by atoms with Crippen LogP contribution in [0.3, 0.4) is 0 Å². The highest BCUT2D eigenvalue weighted by molar-refractivity contribution is 7.18. The van der Waals surface area contributed by atoms with Crippen molar-refractivity contribution in [2.45, 2.75) is 13.8 Å². The van der Waals surface area contributed by atoms with Crippen LogP contribution in [-0.2, 0) is 4.79 Å². The van der Waals surface area contributed by atoms with Gasteiger partial charge in [-0.25, -0.2) is 0 Å². The molecule has 1 amide bonds. The van der Waals surface area contributed by atoms with Crippen molar-refractivity contribution >= 4 is 28.2 Å². The van der Waals surface area contributed by atoms with E-state index in [1.165, 1.54) is 19.1 Å². The lowest BCUT2D eigenvalue weighted by molar-refractivity contribution is -0.131. The maximum Gasteiger partial charge on any atom is 0.308 e. The molecule has 0 aliphatic heterocycles. The zero-order valence-corrected chi connectivity index (χ0v) is 12.7. The van der Waals surface area contributed by atoms with Crippen LogP contribution in [0.5, 0.6) is 10.8 Å². The fraction of sp³-hybridized carbons (Fsp3) is 0.133. The van der Waals surface area contributed by atoms with E-state index in [-0.39, 0.29) is 26.9 Å². The van der Waals surface area contributed by atoms with Gasteiger partial charge in [0.25, 0.3) is 5.91 Å². The molecule has 6 nitrogen and oxygen atoms in total. The Morgan fingerprint density at radius 3 is 2.64 bits per heavy atom. The molecule has 0 atom stereocenters. The fourth-order valence-corrected chi connectivity index (χ4v) is 2.82. The van der Waals surface area contributed by atoms with Gasteiger partial charge in [0.15, 0.2) is 5.06 Å². The number of carbonyl (C=O) groups is 2. The van der Waals surface area contributed by atoms with E-state index in [0.717, 1.165) is 11.3 Å². The summed E-state index contributed by atoms with van der Waals surface area (Å²) in [4.78, 5) is 23.2. The van der Waals surface area contributed by atoms with Crippen molar-refractivity contribution in [2.24, 2.45) is 0 Å². The molecule has 1 aromatic heterocycles. The van der Waals surface area contributed by atoms with E-state index in [1.54, 1.807) is 19.1 Å². The molecule has 0 spiro atoms. The first-order valence-electron chi connectivity index (χ1n) is 6.25. The molecular formula is C15H12N2O4S. The molecule has 2 N–H and O–H groups in total. The summed E-state index contributed by atoms with van der Waals surface area (Å²) in [5.41, 5.74) is 0.798. The minimum absolute atomic E-state index is 0.0893. The van der Waals surface area contributed by atoms with Crippen LogP contribution in [0.15, 0.2) is 24.3 Å². The molecule has 112 valence electrons. The van der Waals surface area contributed by atoms with Crippen molar-refractivity contribution in [3.63, 3.8) is 0 Å². The average Bonchev–Trinajstić information content (AvgIpc) is 2.74. The summed E-state index contributed by atoms with van der Waals surface area (Å²) >= 11 is 0.989. The number of amides is 1. The Hall–Kier alpha value is -2.85. The van der Waals surface area contributed by atoms with Crippen LogP contribution in [0.4, 0.5) is 5.00 Å². The number of esters is 1. The summed E-state index contributed by atoms with van der Waals surface area (Å²) in [5, 5.41) is 22.0. The summed E-state index contributed by atoms with van der Waals surface area (Å²) in [7, 11) is 0. The lowest BCUT2D eigenvalue weighted by Gasteiger charge is -2.04. The molecular weight excluding hydrogens is 304 g/mol. The van der Waals surface area contributed by atoms with Crippen LogP contribution in [0.1, 0.15) is 28.4 Å². The van der Waals surface area contributed by atoms with E-state index in [9.17, 15) is 20.0 Å². The van der Waals surface area contributed by atoms with Crippen molar-refractivity contribution in [1.29, 1.82) is 5.26 Å². The van der Waals surface area contributed by atoms with Gasteiger partial charge >= 0.3 is 5.97 Å². The second-order valence-corrected chi connectivity index (χ2v) is 5.38. The van der Waals surface area contributed by atoms with E-state index in [4.69, 9.17) is 4.74 Å². The number of anilines is 1. The van der Waals surface area contributed by atoms with Gasteiger partial charge in [0.1, 0.15) is 16.8 Å². The molecule has 0 aliphatic carbocycles. The monoisotopic (exact) mass is 316 g/mol. The molecule has 0 saturated heterocycles. The van der Waals surface area contributed by atoms with Gasteiger partial charge in [-0.2, -0.15) is 5.26 Å². The molecule has 0 unspecified atom stereocenters. The standard InChI is InChI=1S/C15H12N2O4S/c1-8-11(7-16)14(22-15(8)21-9(2)18)17-13(20)10-5-3-4-6-12(10)19/h3-6,19H,1-2H3,(H,17,20). The van der Waals surface area contributed by atoms with Crippen molar-refractivity contribution in [3.05, 3.63) is 41.0 Å². The van der Waals surface area contributed by atoms with E-state index >= 15 is 0 Å². The number of phenolic OH excluding ortho intramolecular Hbond substituents is 1. The van der Waals surface area contributed by atoms with Gasteiger partial charge in [-0.1, -0.05) is 23.5 Å². The number of nitrogens with one attached hydrogen (secondary N) is 1. The molecule has 1 aromatic carbocycles. The van der Waals surface area contributed by atoms with E-state index in [0.29, 0.717) is 5.56 Å². The van der Waals surface area contributed by atoms with Gasteiger partial charge in [-0.3, -0.25) is 9.59 Å². The average molecular weight is 316 g/mol. The Morgan fingerprint density at radius 2 is 2.05 bits per heavy atom. The number of aromatic hydroxyl groups is 1. The Kier molecular flexibility index (Phi) is 4.44. The second kappa shape index (κ2) is 6.28. The zero-order chi connectivity index (χ0) is 16.3. The third-order valence-electron chi connectivity index (χ3n) is 2.83. The number of nitriles is 1. The molecule has 2 rings (SSSR count). The largest absolute Gasteiger partial charge is 0.507 e. The van der Waals surface area contributed by atoms with Crippen LogP contribution in [0, 0.1) is 18.3 Å². The smallest absolute Gasteiger partial charge is 0.308 e. The Bertz CT molecular complexity index is 789. The number of thiophene rings is 1. The summed E-state index contributed by atoms with van der Waals surface area (Å²) in [6.07, 6.45) is 0. The maximum absolute atomic E-state index is 12.2. The lowest BCUT2D eigenvalue weighted by Crippen LogP contribution is -2.11. The third-order valence-corrected chi connectivity index (χ3v) is 3.91. The molecule has 0 bridgehead atoms. The van der Waals surface area contributed by atoms with Gasteiger partial charge in [-0.05, 0) is 19.1 Å². The summed E-state index contributed by atoms with van der Waals surface area (Å²) in [6, 6.07) is 8.04. The molecule has 7 heteroatoms. The number of carbonyl (C=O) groups excluding carboxylic acids is 2. The van der Waals surface area contributed by atoms with Crippen molar-refractivity contribution in [2.75, 3.05) is 5.32 Å². The molecule has 0 saturated carbocycles. The Balaban J connectivity index is 2.34. The molecule has 2 aromatic rings. The SMILES string of the molecule is CC(=O)Oc1sc(NC(=O)c2ccccc2O)c(C#N)c1C. The summed E-state index contributed by atoms with van der Waals surface area (Å²) < 4.78 is 5.01. The van der Waals surface area contributed by atoms with Gasteiger partial charge in [0.05, 0.1) is 11.1 Å². The van der Waals surface area contributed by atoms with Crippen LogP contribution in [-0.4, -0.2) is 17.0 Å². The second-order valence-electron chi connectivity index (χ2n) is 4.40. The minimum atomic E-state index is -0.551. The van der Waals surface area contributed by atoms with Crippen LogP contribution < -0.4 is 10.1 Å². The molecule has 0 fully saturated rings. The van der Waals surface area contributed by atoms with E-state index in [2.05, 4.69) is 5.32 Å². The zero-order valence-electron chi connectivity index (χ0n) is 11.8. The Labute approximate surface area is 130 Å². The summed E-state index contributed by atoms with van der Waals surface area (Å²) in [5.74, 6) is -1.22. The first kappa shape index (κ1) is 15.5. The number of hydrogen-bond acceptors (Lipinski definition) is 6. The number of rotatable bonds is 3. The number of benzene rings is 1. The number of phenols is 1. The first-order valence-corrected chi connectivity index (χ1v) is 7.07. The van der Waals surface area contributed by atoms with Gasteiger partial charge in [0, 0.05) is 12.5 Å². The van der Waals surface area contributed by atoms with Crippen LogP contribution >= 0.6 is 11.3 Å². The highest BCUT2D eigenvalue weighted by Crippen LogP contribution is 2.39. The molecule has 0 aliphatic rings. The highest BCUT2D eigenvalue weighted by Gasteiger charge is 2.20. The fourth-order valence-electron chi connectivity index (χ4n) is 1.78. The van der Waals surface area contributed by atoms with Crippen LogP contribution in [0.2, 0.25) is 0 Å². The lowest BCUT2D eigenvalue weighted by atomic mass is 10.2.